The van der Waals surface area contributed by atoms with Crippen molar-refractivity contribution in [1.29, 1.82) is 0 Å². The molecule has 1 aliphatic rings. The number of carbonyl (C=O) groups is 1. The third-order valence-corrected chi connectivity index (χ3v) is 2.51. The maximum Gasteiger partial charge on any atom is 0.232 e. The number of hydrogen-bond donors (Lipinski definition) is 1. The molecular weight excluding hydrogens is 178 g/mol. The molecule has 1 amide bonds. The molecule has 1 fully saturated rings. The van der Waals surface area contributed by atoms with Gasteiger partial charge in [-0.3, -0.25) is 9.78 Å². The Labute approximate surface area is 82.9 Å². The molecule has 74 valence electrons. The molecule has 2 rings (SSSR count). The Kier molecular flexibility index (Phi) is 2.45. The van der Waals surface area contributed by atoms with Crippen molar-refractivity contribution in [2.45, 2.75) is 0 Å². The van der Waals surface area contributed by atoms with Crippen LogP contribution < -0.4 is 10.2 Å². The van der Waals surface area contributed by atoms with Gasteiger partial charge in [-0.25, -0.2) is 0 Å². The topological polar surface area (TPSA) is 45.2 Å². The number of rotatable bonds is 2. The van der Waals surface area contributed by atoms with Crippen molar-refractivity contribution in [2.24, 2.45) is 5.92 Å². The van der Waals surface area contributed by atoms with Crippen LogP contribution in [0, 0.1) is 5.92 Å². The summed E-state index contributed by atoms with van der Waals surface area (Å²) in [6.07, 6.45) is 3.39. The van der Waals surface area contributed by atoms with Crippen LogP contribution in [0.25, 0.3) is 0 Å². The van der Waals surface area contributed by atoms with Gasteiger partial charge in [-0.2, -0.15) is 0 Å². The molecule has 0 spiro atoms. The smallest absolute Gasteiger partial charge is 0.232 e. The minimum atomic E-state index is 0.146. The summed E-state index contributed by atoms with van der Waals surface area (Å²) in [5, 5.41) is 3.09. The van der Waals surface area contributed by atoms with Gasteiger partial charge in [0.1, 0.15) is 0 Å². The van der Waals surface area contributed by atoms with Crippen molar-refractivity contribution >= 4 is 11.6 Å². The summed E-state index contributed by atoms with van der Waals surface area (Å²) in [7, 11) is 1.80. The standard InChI is InChI=1S/C10H13N3O/c1-13(9-2-4-11-5-3-9)10(14)8-6-12-7-8/h2-5,8,12H,6-7H2,1H3. The van der Waals surface area contributed by atoms with Crippen LogP contribution in [-0.4, -0.2) is 31.0 Å². The maximum absolute atomic E-state index is 11.8. The molecule has 1 aromatic rings. The quantitative estimate of drug-likeness (QED) is 0.729. The van der Waals surface area contributed by atoms with E-state index in [2.05, 4.69) is 10.3 Å². The molecule has 0 bridgehead atoms. The minimum Gasteiger partial charge on any atom is -0.315 e. The zero-order valence-corrected chi connectivity index (χ0v) is 8.10. The van der Waals surface area contributed by atoms with Crippen molar-refractivity contribution in [3.05, 3.63) is 24.5 Å². The Bertz CT molecular complexity index is 321. The fraction of sp³-hybridized carbons (Fsp3) is 0.400. The molecule has 1 N–H and O–H groups in total. The number of carbonyl (C=O) groups excluding carboxylic acids is 1. The van der Waals surface area contributed by atoms with Crippen molar-refractivity contribution in [3.63, 3.8) is 0 Å². The second-order valence-corrected chi connectivity index (χ2v) is 3.46. The van der Waals surface area contributed by atoms with Gasteiger partial charge in [0.25, 0.3) is 0 Å². The Balaban J connectivity index is 2.07. The van der Waals surface area contributed by atoms with Gasteiger partial charge in [0.2, 0.25) is 5.91 Å². The van der Waals surface area contributed by atoms with Gasteiger partial charge in [-0.15, -0.1) is 0 Å². The van der Waals surface area contributed by atoms with Crippen LogP contribution in [0.2, 0.25) is 0 Å². The molecular formula is C10H13N3O. The van der Waals surface area contributed by atoms with Gasteiger partial charge in [0, 0.05) is 38.2 Å². The summed E-state index contributed by atoms with van der Waals surface area (Å²) in [6.45, 7) is 1.60. The first-order valence-electron chi connectivity index (χ1n) is 4.67. The average molecular weight is 191 g/mol. The van der Waals surface area contributed by atoms with Crippen LogP contribution in [0.3, 0.4) is 0 Å². The van der Waals surface area contributed by atoms with E-state index in [4.69, 9.17) is 0 Å². The van der Waals surface area contributed by atoms with E-state index < -0.39 is 0 Å². The van der Waals surface area contributed by atoms with Crippen LogP contribution in [0.1, 0.15) is 0 Å². The zero-order valence-electron chi connectivity index (χ0n) is 8.10. The molecule has 4 heteroatoms. The van der Waals surface area contributed by atoms with E-state index >= 15 is 0 Å². The summed E-state index contributed by atoms with van der Waals surface area (Å²) in [4.78, 5) is 17.4. The van der Waals surface area contributed by atoms with E-state index in [1.54, 1.807) is 24.3 Å². The van der Waals surface area contributed by atoms with Gasteiger partial charge in [0.05, 0.1) is 5.92 Å². The number of pyridine rings is 1. The largest absolute Gasteiger partial charge is 0.315 e. The minimum absolute atomic E-state index is 0.146. The Morgan fingerprint density at radius 2 is 2.14 bits per heavy atom. The van der Waals surface area contributed by atoms with Crippen molar-refractivity contribution < 1.29 is 4.79 Å². The lowest BCUT2D eigenvalue weighted by Gasteiger charge is -2.30. The van der Waals surface area contributed by atoms with Crippen LogP contribution in [0.5, 0.6) is 0 Å². The summed E-state index contributed by atoms with van der Waals surface area (Å²) >= 11 is 0. The molecule has 0 saturated carbocycles. The van der Waals surface area contributed by atoms with Crippen molar-refractivity contribution in [2.75, 3.05) is 25.0 Å². The second-order valence-electron chi connectivity index (χ2n) is 3.46. The van der Waals surface area contributed by atoms with Gasteiger partial charge >= 0.3 is 0 Å². The normalized spacial score (nSPS) is 16.1. The molecule has 0 unspecified atom stereocenters. The number of aromatic nitrogens is 1. The predicted octanol–water partition coefficient (Wildman–Crippen LogP) is 0.264. The van der Waals surface area contributed by atoms with Gasteiger partial charge in [-0.05, 0) is 12.1 Å². The first-order chi connectivity index (χ1) is 6.79. The first-order valence-corrected chi connectivity index (χ1v) is 4.67. The van der Waals surface area contributed by atoms with E-state index in [0.717, 1.165) is 18.8 Å². The fourth-order valence-electron chi connectivity index (χ4n) is 1.43. The maximum atomic E-state index is 11.8. The third kappa shape index (κ3) is 1.61. The fourth-order valence-corrected chi connectivity index (χ4v) is 1.43. The van der Waals surface area contributed by atoms with E-state index in [-0.39, 0.29) is 11.8 Å². The molecule has 0 aliphatic carbocycles. The zero-order chi connectivity index (χ0) is 9.97. The van der Waals surface area contributed by atoms with E-state index in [9.17, 15) is 4.79 Å². The molecule has 1 aromatic heterocycles. The lowest BCUT2D eigenvalue weighted by molar-refractivity contribution is -0.123. The van der Waals surface area contributed by atoms with Crippen LogP contribution in [0.15, 0.2) is 24.5 Å². The molecule has 0 radical (unpaired) electrons. The first kappa shape index (κ1) is 9.15. The number of nitrogens with one attached hydrogen (secondary N) is 1. The van der Waals surface area contributed by atoms with E-state index in [0.29, 0.717) is 0 Å². The highest BCUT2D eigenvalue weighted by Gasteiger charge is 2.27. The molecule has 2 heterocycles. The Morgan fingerprint density at radius 1 is 1.50 bits per heavy atom. The molecule has 14 heavy (non-hydrogen) atoms. The highest BCUT2D eigenvalue weighted by Crippen LogP contribution is 2.15. The molecule has 0 atom stereocenters. The highest BCUT2D eigenvalue weighted by atomic mass is 16.2. The molecule has 1 saturated heterocycles. The third-order valence-electron chi connectivity index (χ3n) is 2.51. The number of amides is 1. The summed E-state index contributed by atoms with van der Waals surface area (Å²) in [5.74, 6) is 0.322. The van der Waals surface area contributed by atoms with Gasteiger partial charge < -0.3 is 10.2 Å². The summed E-state index contributed by atoms with van der Waals surface area (Å²) in [6, 6.07) is 3.67. The lowest BCUT2D eigenvalue weighted by atomic mass is 10.0. The molecule has 4 nitrogen and oxygen atoms in total. The number of anilines is 1. The highest BCUT2D eigenvalue weighted by molar-refractivity contribution is 5.95. The van der Waals surface area contributed by atoms with E-state index in [1.165, 1.54) is 0 Å². The number of nitrogens with zero attached hydrogens (tertiary/aromatic N) is 2. The molecule has 1 aliphatic heterocycles. The Morgan fingerprint density at radius 3 is 2.64 bits per heavy atom. The van der Waals surface area contributed by atoms with Crippen molar-refractivity contribution in [1.82, 2.24) is 10.3 Å². The summed E-state index contributed by atoms with van der Waals surface area (Å²) in [5.41, 5.74) is 0.900. The van der Waals surface area contributed by atoms with E-state index in [1.807, 2.05) is 12.1 Å². The second kappa shape index (κ2) is 3.75. The lowest BCUT2D eigenvalue weighted by Crippen LogP contribution is -2.51. The average Bonchev–Trinajstić information content (AvgIpc) is 2.15. The SMILES string of the molecule is CN(C(=O)C1CNC1)c1ccncc1. The van der Waals surface area contributed by atoms with Crippen LogP contribution >= 0.6 is 0 Å². The van der Waals surface area contributed by atoms with Gasteiger partial charge in [-0.1, -0.05) is 0 Å². The van der Waals surface area contributed by atoms with Gasteiger partial charge in [0.15, 0.2) is 0 Å². The summed E-state index contributed by atoms with van der Waals surface area (Å²) < 4.78 is 0. The molecule has 0 aromatic carbocycles. The van der Waals surface area contributed by atoms with Crippen molar-refractivity contribution in [3.8, 4) is 0 Å². The number of hydrogen-bond acceptors (Lipinski definition) is 3. The van der Waals surface area contributed by atoms with Crippen LogP contribution in [0.4, 0.5) is 5.69 Å². The Hall–Kier alpha value is -1.42. The monoisotopic (exact) mass is 191 g/mol. The predicted molar refractivity (Wildman–Crippen MR) is 54.0 cm³/mol. The van der Waals surface area contributed by atoms with Crippen LogP contribution in [-0.2, 0) is 4.79 Å².